The first-order valence-corrected chi connectivity index (χ1v) is 2.59. The van der Waals surface area contributed by atoms with Gasteiger partial charge in [0, 0.05) is 5.70 Å². The van der Waals surface area contributed by atoms with Gasteiger partial charge in [0.15, 0.2) is 0 Å². The zero-order valence-corrected chi connectivity index (χ0v) is 4.35. The number of allylic oxidation sites excluding steroid dienone is 2. The molecule has 1 heteroatoms. The van der Waals surface area contributed by atoms with E-state index in [2.05, 4.69) is 17.8 Å². The van der Waals surface area contributed by atoms with Crippen molar-refractivity contribution in [3.8, 4) is 0 Å². The maximum atomic E-state index is 3.80. The van der Waals surface area contributed by atoms with Crippen LogP contribution in [0.2, 0.25) is 0 Å². The average molecular weight is 95.1 g/mol. The minimum Gasteiger partial charge on any atom is -0.269 e. The van der Waals surface area contributed by atoms with Crippen molar-refractivity contribution >= 4 is 6.72 Å². The number of hydrogen-bond donors (Lipinski definition) is 0. The van der Waals surface area contributed by atoms with Crippen molar-refractivity contribution in [1.29, 1.82) is 0 Å². The summed E-state index contributed by atoms with van der Waals surface area (Å²) in [5, 5.41) is 0. The maximum Gasteiger partial charge on any atom is 0.0356 e. The first kappa shape index (κ1) is 4.57. The van der Waals surface area contributed by atoms with Crippen LogP contribution in [-0.2, 0) is 0 Å². The van der Waals surface area contributed by atoms with Crippen molar-refractivity contribution in [1.82, 2.24) is 0 Å². The van der Waals surface area contributed by atoms with Crippen molar-refractivity contribution in [2.24, 2.45) is 4.99 Å². The van der Waals surface area contributed by atoms with Crippen LogP contribution in [-0.4, -0.2) is 6.72 Å². The monoisotopic (exact) mass is 95.1 g/mol. The molecule has 0 bridgehead atoms. The van der Waals surface area contributed by atoms with Gasteiger partial charge in [-0.2, -0.15) is 0 Å². The van der Waals surface area contributed by atoms with E-state index in [0.717, 1.165) is 6.42 Å². The Morgan fingerprint density at radius 1 is 1.71 bits per heavy atom. The van der Waals surface area contributed by atoms with Crippen molar-refractivity contribution < 1.29 is 0 Å². The van der Waals surface area contributed by atoms with Gasteiger partial charge >= 0.3 is 0 Å². The molecule has 0 amide bonds. The molecule has 0 N–H and O–H groups in total. The van der Waals surface area contributed by atoms with E-state index in [9.17, 15) is 0 Å². The molecule has 0 aromatic carbocycles. The fourth-order valence-corrected chi connectivity index (χ4v) is 0.798. The Morgan fingerprint density at radius 2 is 2.57 bits per heavy atom. The maximum absolute atomic E-state index is 3.80. The summed E-state index contributed by atoms with van der Waals surface area (Å²) >= 11 is 0. The van der Waals surface area contributed by atoms with Gasteiger partial charge in [-0.1, -0.05) is 6.08 Å². The van der Waals surface area contributed by atoms with Gasteiger partial charge in [-0.25, -0.2) is 0 Å². The van der Waals surface area contributed by atoms with Gasteiger partial charge < -0.3 is 0 Å². The summed E-state index contributed by atoms with van der Waals surface area (Å²) < 4.78 is 0. The Labute approximate surface area is 43.8 Å². The van der Waals surface area contributed by atoms with Crippen LogP contribution in [0.15, 0.2) is 16.8 Å². The molecule has 0 spiro atoms. The molecule has 0 radical (unpaired) electrons. The van der Waals surface area contributed by atoms with Crippen LogP contribution in [0.1, 0.15) is 19.3 Å². The quantitative estimate of drug-likeness (QED) is 0.440. The smallest absolute Gasteiger partial charge is 0.0356 e. The summed E-state index contributed by atoms with van der Waals surface area (Å²) in [6, 6.07) is 0. The topological polar surface area (TPSA) is 12.4 Å². The largest absolute Gasteiger partial charge is 0.269 e. The summed E-state index contributed by atoms with van der Waals surface area (Å²) in [5.74, 6) is 0. The third-order valence-electron chi connectivity index (χ3n) is 1.22. The SMILES string of the molecule is C=NC1=CCCC1. The van der Waals surface area contributed by atoms with Gasteiger partial charge in [-0.15, -0.1) is 0 Å². The van der Waals surface area contributed by atoms with Crippen LogP contribution in [0.5, 0.6) is 0 Å². The Bertz CT molecular complexity index is 103. The van der Waals surface area contributed by atoms with Crippen molar-refractivity contribution in [3.63, 3.8) is 0 Å². The van der Waals surface area contributed by atoms with E-state index in [1.807, 2.05) is 0 Å². The number of rotatable bonds is 1. The lowest BCUT2D eigenvalue weighted by Crippen LogP contribution is -1.64. The molecule has 0 unspecified atom stereocenters. The van der Waals surface area contributed by atoms with E-state index in [0.29, 0.717) is 0 Å². The highest BCUT2D eigenvalue weighted by Crippen LogP contribution is 2.16. The molecule has 0 aromatic rings. The van der Waals surface area contributed by atoms with Crippen LogP contribution in [0.3, 0.4) is 0 Å². The first-order valence-electron chi connectivity index (χ1n) is 2.59. The second-order valence-corrected chi connectivity index (χ2v) is 1.75. The van der Waals surface area contributed by atoms with E-state index < -0.39 is 0 Å². The predicted octanol–water partition coefficient (Wildman–Crippen LogP) is 1.75. The average Bonchev–Trinajstić information content (AvgIpc) is 2.14. The lowest BCUT2D eigenvalue weighted by Gasteiger charge is -1.83. The van der Waals surface area contributed by atoms with Crippen LogP contribution in [0.25, 0.3) is 0 Å². The van der Waals surface area contributed by atoms with Crippen molar-refractivity contribution in [3.05, 3.63) is 11.8 Å². The molecule has 38 valence electrons. The summed E-state index contributed by atoms with van der Waals surface area (Å²) in [5.41, 5.74) is 1.18. The lowest BCUT2D eigenvalue weighted by atomic mass is 10.3. The first-order chi connectivity index (χ1) is 3.43. The zero-order chi connectivity index (χ0) is 5.11. The normalized spacial score (nSPS) is 19.1. The molecule has 1 nitrogen and oxygen atoms in total. The van der Waals surface area contributed by atoms with Crippen LogP contribution in [0.4, 0.5) is 0 Å². The van der Waals surface area contributed by atoms with E-state index in [-0.39, 0.29) is 0 Å². The molecule has 0 saturated heterocycles. The van der Waals surface area contributed by atoms with E-state index in [4.69, 9.17) is 0 Å². The summed E-state index contributed by atoms with van der Waals surface area (Å²) in [6.45, 7) is 3.42. The zero-order valence-electron chi connectivity index (χ0n) is 4.35. The van der Waals surface area contributed by atoms with E-state index in [1.165, 1.54) is 18.5 Å². The van der Waals surface area contributed by atoms with Gasteiger partial charge in [0.25, 0.3) is 0 Å². The summed E-state index contributed by atoms with van der Waals surface area (Å²) in [6.07, 6.45) is 5.76. The molecule has 0 atom stereocenters. The molecule has 1 aliphatic carbocycles. The molecule has 0 saturated carbocycles. The molecule has 7 heavy (non-hydrogen) atoms. The number of hydrogen-bond acceptors (Lipinski definition) is 1. The molecule has 0 aliphatic heterocycles. The second kappa shape index (κ2) is 1.92. The Balaban J connectivity index is 2.51. The standard InChI is InChI=1S/C6H9N/c1-7-6-4-2-3-5-6/h4H,1-3,5H2. The fourth-order valence-electron chi connectivity index (χ4n) is 0.798. The summed E-state index contributed by atoms with van der Waals surface area (Å²) in [4.78, 5) is 3.80. The van der Waals surface area contributed by atoms with Gasteiger partial charge in [0.05, 0.1) is 0 Å². The van der Waals surface area contributed by atoms with Gasteiger partial charge in [0.2, 0.25) is 0 Å². The van der Waals surface area contributed by atoms with Gasteiger partial charge in [-0.3, -0.25) is 4.99 Å². The molecule has 0 heterocycles. The van der Waals surface area contributed by atoms with Crippen molar-refractivity contribution in [2.75, 3.05) is 0 Å². The van der Waals surface area contributed by atoms with Gasteiger partial charge in [0.1, 0.15) is 0 Å². The third kappa shape index (κ3) is 0.889. The Morgan fingerprint density at radius 3 is 2.86 bits per heavy atom. The van der Waals surface area contributed by atoms with Crippen LogP contribution in [0, 0.1) is 0 Å². The number of aliphatic imine (C=N–C) groups is 1. The number of nitrogens with zero attached hydrogens (tertiary/aromatic N) is 1. The van der Waals surface area contributed by atoms with Crippen LogP contribution >= 0.6 is 0 Å². The Kier molecular flexibility index (Phi) is 1.25. The van der Waals surface area contributed by atoms with E-state index in [1.54, 1.807) is 0 Å². The molecule has 1 aliphatic rings. The highest BCUT2D eigenvalue weighted by atomic mass is 14.7. The van der Waals surface area contributed by atoms with Crippen molar-refractivity contribution in [2.45, 2.75) is 19.3 Å². The predicted molar refractivity (Wildman–Crippen MR) is 31.5 cm³/mol. The summed E-state index contributed by atoms with van der Waals surface area (Å²) in [7, 11) is 0. The fraction of sp³-hybridized carbons (Fsp3) is 0.500. The van der Waals surface area contributed by atoms with E-state index >= 15 is 0 Å². The third-order valence-corrected chi connectivity index (χ3v) is 1.22. The minimum atomic E-state index is 1.14. The molecular weight excluding hydrogens is 86.1 g/mol. The molecular formula is C6H9N. The van der Waals surface area contributed by atoms with Crippen LogP contribution < -0.4 is 0 Å². The molecule has 0 fully saturated rings. The highest BCUT2D eigenvalue weighted by Gasteiger charge is 1.98. The minimum absolute atomic E-state index is 1.14. The molecule has 0 aromatic heterocycles. The lowest BCUT2D eigenvalue weighted by molar-refractivity contribution is 0.902. The van der Waals surface area contributed by atoms with Gasteiger partial charge in [-0.05, 0) is 26.0 Å². The second-order valence-electron chi connectivity index (χ2n) is 1.75. The molecule has 1 rings (SSSR count). The highest BCUT2D eigenvalue weighted by molar-refractivity contribution is 5.29. The Hall–Kier alpha value is -0.590.